The number of aromatic nitrogens is 2. The van der Waals surface area contributed by atoms with Crippen molar-refractivity contribution in [1.82, 2.24) is 10.1 Å². The van der Waals surface area contributed by atoms with Gasteiger partial charge < -0.3 is 10.3 Å². The van der Waals surface area contributed by atoms with Gasteiger partial charge in [-0.05, 0) is 37.8 Å². The normalized spacial score (nSPS) is 14.1. The van der Waals surface area contributed by atoms with Crippen molar-refractivity contribution in [2.75, 3.05) is 0 Å². The van der Waals surface area contributed by atoms with E-state index in [0.717, 1.165) is 37.4 Å². The zero-order valence-electron chi connectivity index (χ0n) is 13.2. The SMILES string of the molecule is Cc1ccccc1Cc1noc(C(C)CCCC(C)N)n1. The molecule has 2 unspecified atom stereocenters. The van der Waals surface area contributed by atoms with Crippen LogP contribution in [-0.2, 0) is 6.42 Å². The minimum absolute atomic E-state index is 0.261. The fraction of sp³-hybridized carbons (Fsp3) is 0.529. The number of hydrogen-bond acceptors (Lipinski definition) is 4. The third kappa shape index (κ3) is 4.67. The second-order valence-corrected chi connectivity index (χ2v) is 5.96. The van der Waals surface area contributed by atoms with Crippen molar-refractivity contribution < 1.29 is 4.52 Å². The molecule has 0 fully saturated rings. The maximum Gasteiger partial charge on any atom is 0.229 e. The third-order valence-electron chi connectivity index (χ3n) is 3.81. The van der Waals surface area contributed by atoms with Gasteiger partial charge in [0.1, 0.15) is 0 Å². The minimum Gasteiger partial charge on any atom is -0.339 e. The molecule has 2 atom stereocenters. The summed E-state index contributed by atoms with van der Waals surface area (Å²) in [6, 6.07) is 8.56. The van der Waals surface area contributed by atoms with Crippen molar-refractivity contribution in [3.8, 4) is 0 Å². The standard InChI is InChI=1S/C17H25N3O/c1-12-7-4-5-10-15(12)11-16-19-17(21-20-16)13(2)8-6-9-14(3)18/h4-5,7,10,13-14H,6,8-9,11,18H2,1-3H3. The summed E-state index contributed by atoms with van der Waals surface area (Å²) < 4.78 is 5.40. The van der Waals surface area contributed by atoms with E-state index >= 15 is 0 Å². The van der Waals surface area contributed by atoms with Gasteiger partial charge in [-0.3, -0.25) is 0 Å². The van der Waals surface area contributed by atoms with Crippen LogP contribution in [0.4, 0.5) is 0 Å². The molecule has 0 bridgehead atoms. The highest BCUT2D eigenvalue weighted by Crippen LogP contribution is 2.21. The molecule has 21 heavy (non-hydrogen) atoms. The quantitative estimate of drug-likeness (QED) is 0.845. The molecule has 2 rings (SSSR count). The largest absolute Gasteiger partial charge is 0.339 e. The molecule has 0 aliphatic rings. The van der Waals surface area contributed by atoms with Gasteiger partial charge in [0.05, 0.1) is 0 Å². The van der Waals surface area contributed by atoms with Crippen molar-refractivity contribution in [2.45, 2.75) is 58.4 Å². The average Bonchev–Trinajstić information content (AvgIpc) is 2.89. The van der Waals surface area contributed by atoms with Gasteiger partial charge in [0, 0.05) is 18.4 Å². The molecular weight excluding hydrogens is 262 g/mol. The van der Waals surface area contributed by atoms with Gasteiger partial charge in [0.15, 0.2) is 5.82 Å². The van der Waals surface area contributed by atoms with Crippen molar-refractivity contribution in [1.29, 1.82) is 0 Å². The number of benzene rings is 1. The fourth-order valence-corrected chi connectivity index (χ4v) is 2.39. The molecular formula is C17H25N3O. The van der Waals surface area contributed by atoms with Crippen LogP contribution in [0.15, 0.2) is 28.8 Å². The van der Waals surface area contributed by atoms with Crippen LogP contribution in [0.2, 0.25) is 0 Å². The molecule has 0 aliphatic carbocycles. The van der Waals surface area contributed by atoms with Gasteiger partial charge >= 0.3 is 0 Å². The van der Waals surface area contributed by atoms with Gasteiger partial charge in [-0.1, -0.05) is 42.8 Å². The molecule has 0 spiro atoms. The molecule has 0 amide bonds. The smallest absolute Gasteiger partial charge is 0.229 e. The molecule has 0 radical (unpaired) electrons. The van der Waals surface area contributed by atoms with Gasteiger partial charge in [-0.15, -0.1) is 0 Å². The fourth-order valence-electron chi connectivity index (χ4n) is 2.39. The Morgan fingerprint density at radius 1 is 1.19 bits per heavy atom. The summed E-state index contributed by atoms with van der Waals surface area (Å²) in [4.78, 5) is 4.54. The number of nitrogens with two attached hydrogens (primary N) is 1. The van der Waals surface area contributed by atoms with Crippen LogP contribution < -0.4 is 5.73 Å². The Balaban J connectivity index is 1.93. The predicted octanol–water partition coefficient (Wildman–Crippen LogP) is 3.59. The molecule has 2 N–H and O–H groups in total. The number of hydrogen-bond donors (Lipinski definition) is 1. The Hall–Kier alpha value is -1.68. The monoisotopic (exact) mass is 287 g/mol. The van der Waals surface area contributed by atoms with Gasteiger partial charge in [-0.25, -0.2) is 0 Å². The Kier molecular flexibility index (Phi) is 5.51. The van der Waals surface area contributed by atoms with E-state index in [1.165, 1.54) is 11.1 Å². The molecule has 1 heterocycles. The predicted molar refractivity (Wildman–Crippen MR) is 84.2 cm³/mol. The first-order chi connectivity index (χ1) is 10.1. The zero-order valence-corrected chi connectivity index (χ0v) is 13.2. The highest BCUT2D eigenvalue weighted by atomic mass is 16.5. The van der Waals surface area contributed by atoms with E-state index < -0.39 is 0 Å². The lowest BCUT2D eigenvalue weighted by atomic mass is 10.0. The van der Waals surface area contributed by atoms with E-state index in [2.05, 4.69) is 36.1 Å². The van der Waals surface area contributed by atoms with Crippen molar-refractivity contribution >= 4 is 0 Å². The number of aryl methyl sites for hydroxylation is 1. The number of rotatable bonds is 7. The lowest BCUT2D eigenvalue weighted by molar-refractivity contribution is 0.346. The van der Waals surface area contributed by atoms with Crippen molar-refractivity contribution in [3.05, 3.63) is 47.1 Å². The summed E-state index contributed by atoms with van der Waals surface area (Å²) in [6.45, 7) is 6.27. The lowest BCUT2D eigenvalue weighted by Crippen LogP contribution is -2.14. The minimum atomic E-state index is 0.261. The second-order valence-electron chi connectivity index (χ2n) is 5.96. The van der Waals surface area contributed by atoms with Gasteiger partial charge in [0.2, 0.25) is 5.89 Å². The molecule has 1 aromatic heterocycles. The average molecular weight is 287 g/mol. The molecule has 114 valence electrons. The molecule has 0 saturated heterocycles. The van der Waals surface area contributed by atoms with E-state index in [1.54, 1.807) is 0 Å². The van der Waals surface area contributed by atoms with Gasteiger partial charge in [-0.2, -0.15) is 4.98 Å². The lowest BCUT2D eigenvalue weighted by Gasteiger charge is -2.07. The van der Waals surface area contributed by atoms with E-state index in [-0.39, 0.29) is 6.04 Å². The first-order valence-electron chi connectivity index (χ1n) is 7.69. The van der Waals surface area contributed by atoms with Crippen LogP contribution in [-0.4, -0.2) is 16.2 Å². The Morgan fingerprint density at radius 3 is 2.67 bits per heavy atom. The number of nitrogens with zero attached hydrogens (tertiary/aromatic N) is 2. The molecule has 2 aromatic rings. The summed E-state index contributed by atoms with van der Waals surface area (Å²) in [5.41, 5.74) is 8.27. The van der Waals surface area contributed by atoms with Crippen LogP contribution in [0.5, 0.6) is 0 Å². The van der Waals surface area contributed by atoms with Crippen LogP contribution in [0.25, 0.3) is 0 Å². The Labute approximate surface area is 126 Å². The highest BCUT2D eigenvalue weighted by molar-refractivity contribution is 5.28. The maximum atomic E-state index is 5.77. The second kappa shape index (κ2) is 7.36. The first-order valence-corrected chi connectivity index (χ1v) is 7.69. The van der Waals surface area contributed by atoms with E-state index in [0.29, 0.717) is 5.92 Å². The molecule has 4 nitrogen and oxygen atoms in total. The molecule has 1 aromatic carbocycles. The molecule has 0 saturated carbocycles. The maximum absolute atomic E-state index is 5.77. The summed E-state index contributed by atoms with van der Waals surface area (Å²) in [7, 11) is 0. The van der Waals surface area contributed by atoms with Crippen LogP contribution in [0.3, 0.4) is 0 Å². The van der Waals surface area contributed by atoms with E-state index in [4.69, 9.17) is 10.3 Å². The van der Waals surface area contributed by atoms with E-state index in [1.807, 2.05) is 19.1 Å². The third-order valence-corrected chi connectivity index (χ3v) is 3.81. The Morgan fingerprint density at radius 2 is 1.95 bits per heavy atom. The van der Waals surface area contributed by atoms with Crippen LogP contribution in [0, 0.1) is 6.92 Å². The topological polar surface area (TPSA) is 64.9 Å². The van der Waals surface area contributed by atoms with Gasteiger partial charge in [0.25, 0.3) is 0 Å². The first kappa shape index (κ1) is 15.7. The van der Waals surface area contributed by atoms with Crippen molar-refractivity contribution in [3.63, 3.8) is 0 Å². The summed E-state index contributed by atoms with van der Waals surface area (Å²) in [5.74, 6) is 1.79. The summed E-state index contributed by atoms with van der Waals surface area (Å²) >= 11 is 0. The highest BCUT2D eigenvalue weighted by Gasteiger charge is 2.15. The molecule has 4 heteroatoms. The van der Waals surface area contributed by atoms with E-state index in [9.17, 15) is 0 Å². The van der Waals surface area contributed by atoms with Crippen molar-refractivity contribution in [2.24, 2.45) is 5.73 Å². The Bertz CT molecular complexity index is 563. The summed E-state index contributed by atoms with van der Waals surface area (Å²) in [6.07, 6.45) is 3.89. The van der Waals surface area contributed by atoms with Crippen LogP contribution >= 0.6 is 0 Å². The molecule has 0 aliphatic heterocycles. The summed E-state index contributed by atoms with van der Waals surface area (Å²) in [5, 5.41) is 4.11. The van der Waals surface area contributed by atoms with Crippen LogP contribution in [0.1, 0.15) is 61.9 Å². The zero-order chi connectivity index (χ0) is 15.2.